The number of hydrogen-bond donors (Lipinski definition) is 0. The van der Waals surface area contributed by atoms with Crippen LogP contribution in [-0.4, -0.2) is 31.2 Å². The number of aryl methyl sites for hydroxylation is 1. The van der Waals surface area contributed by atoms with Crippen LogP contribution in [0.15, 0.2) is 35.7 Å². The normalized spacial score (nSPS) is 15.3. The molecule has 0 aliphatic carbocycles. The van der Waals surface area contributed by atoms with E-state index < -0.39 is 0 Å². The first kappa shape index (κ1) is 16.8. The average molecular weight is 345 g/mol. The zero-order chi connectivity index (χ0) is 16.9. The summed E-state index contributed by atoms with van der Waals surface area (Å²) < 4.78 is 10.9. The molecule has 0 N–H and O–H groups in total. The first-order valence-electron chi connectivity index (χ1n) is 8.26. The molecule has 0 bridgehead atoms. The fourth-order valence-corrected chi connectivity index (χ4v) is 4.15. The molecule has 1 fully saturated rings. The lowest BCUT2D eigenvalue weighted by Crippen LogP contribution is -2.38. The number of rotatable bonds is 4. The summed E-state index contributed by atoms with van der Waals surface area (Å²) in [5, 5.41) is 2.07. The number of nitrogens with zero attached hydrogens (tertiary/aromatic N) is 1. The molecule has 3 rings (SSSR count). The summed E-state index contributed by atoms with van der Waals surface area (Å²) in [6.07, 6.45) is 1.69. The van der Waals surface area contributed by atoms with Crippen LogP contribution in [0.1, 0.15) is 34.8 Å². The highest BCUT2D eigenvalue weighted by Gasteiger charge is 2.28. The van der Waals surface area contributed by atoms with Crippen LogP contribution in [0.4, 0.5) is 4.79 Å². The quantitative estimate of drug-likeness (QED) is 0.814. The Labute approximate surface area is 147 Å². The molecule has 1 aromatic heterocycles. The van der Waals surface area contributed by atoms with Gasteiger partial charge < -0.3 is 14.4 Å². The van der Waals surface area contributed by atoms with Gasteiger partial charge in [0.25, 0.3) is 0 Å². The molecule has 24 heavy (non-hydrogen) atoms. The van der Waals surface area contributed by atoms with Crippen molar-refractivity contribution in [3.05, 3.63) is 51.7 Å². The SMILES string of the molecule is COc1csc(C)c1C1CCN(C(=O)OCc2ccccc2)CC1. The van der Waals surface area contributed by atoms with Gasteiger partial charge in [-0.25, -0.2) is 4.79 Å². The molecule has 4 nitrogen and oxygen atoms in total. The lowest BCUT2D eigenvalue weighted by atomic mass is 9.89. The highest BCUT2D eigenvalue weighted by Crippen LogP contribution is 2.39. The maximum Gasteiger partial charge on any atom is 0.410 e. The summed E-state index contributed by atoms with van der Waals surface area (Å²) in [5.41, 5.74) is 2.33. The van der Waals surface area contributed by atoms with Gasteiger partial charge in [-0.2, -0.15) is 0 Å². The average Bonchev–Trinajstić information content (AvgIpc) is 3.01. The predicted octanol–water partition coefficient (Wildman–Crippen LogP) is 4.58. The van der Waals surface area contributed by atoms with Crippen molar-refractivity contribution in [2.45, 2.75) is 32.3 Å². The number of carbonyl (C=O) groups is 1. The maximum absolute atomic E-state index is 12.2. The van der Waals surface area contributed by atoms with Gasteiger partial charge in [0.1, 0.15) is 12.4 Å². The molecule has 2 aromatic rings. The van der Waals surface area contributed by atoms with Gasteiger partial charge in [0.2, 0.25) is 0 Å². The van der Waals surface area contributed by atoms with Crippen molar-refractivity contribution in [3.8, 4) is 5.75 Å². The van der Waals surface area contributed by atoms with Crippen LogP contribution >= 0.6 is 11.3 Å². The first-order chi connectivity index (χ1) is 11.7. The molecule has 1 amide bonds. The van der Waals surface area contributed by atoms with E-state index in [2.05, 4.69) is 12.3 Å². The van der Waals surface area contributed by atoms with E-state index in [0.29, 0.717) is 12.5 Å². The van der Waals surface area contributed by atoms with Gasteiger partial charge in [0.05, 0.1) is 7.11 Å². The smallest absolute Gasteiger partial charge is 0.410 e. The van der Waals surface area contributed by atoms with Gasteiger partial charge in [-0.1, -0.05) is 30.3 Å². The largest absolute Gasteiger partial charge is 0.496 e. The fourth-order valence-electron chi connectivity index (χ4n) is 3.25. The van der Waals surface area contributed by atoms with Crippen molar-refractivity contribution < 1.29 is 14.3 Å². The molecular weight excluding hydrogens is 322 g/mol. The van der Waals surface area contributed by atoms with Gasteiger partial charge in [-0.15, -0.1) is 11.3 Å². The molecule has 2 heterocycles. The third-order valence-corrected chi connectivity index (χ3v) is 5.48. The monoisotopic (exact) mass is 345 g/mol. The van der Waals surface area contributed by atoms with Crippen molar-refractivity contribution in [1.82, 2.24) is 4.90 Å². The molecular formula is C19H23NO3S. The second kappa shape index (κ2) is 7.71. The van der Waals surface area contributed by atoms with Crippen LogP contribution in [0, 0.1) is 6.92 Å². The number of likely N-dealkylation sites (tertiary alicyclic amines) is 1. The highest BCUT2D eigenvalue weighted by molar-refractivity contribution is 7.10. The van der Waals surface area contributed by atoms with E-state index in [1.54, 1.807) is 18.4 Å². The minimum Gasteiger partial charge on any atom is -0.496 e. The minimum absolute atomic E-state index is 0.216. The molecule has 5 heteroatoms. The Balaban J connectivity index is 1.53. The Hall–Kier alpha value is -2.01. The number of methoxy groups -OCH3 is 1. The Kier molecular flexibility index (Phi) is 5.41. The minimum atomic E-state index is -0.216. The van der Waals surface area contributed by atoms with E-state index in [-0.39, 0.29) is 6.09 Å². The molecule has 1 aliphatic heterocycles. The van der Waals surface area contributed by atoms with E-state index in [1.165, 1.54) is 10.4 Å². The zero-order valence-corrected chi connectivity index (χ0v) is 15.0. The van der Waals surface area contributed by atoms with Crippen LogP contribution < -0.4 is 4.74 Å². The Morgan fingerprint density at radius 3 is 2.62 bits per heavy atom. The standard InChI is InChI=1S/C19H23NO3S/c1-14-18(17(22-2)13-24-14)16-8-10-20(11-9-16)19(21)23-12-15-6-4-3-5-7-15/h3-7,13,16H,8-12H2,1-2H3. The highest BCUT2D eigenvalue weighted by atomic mass is 32.1. The number of carbonyl (C=O) groups excluding carboxylic acids is 1. The summed E-state index contributed by atoms with van der Waals surface area (Å²) in [5.74, 6) is 1.45. The second-order valence-corrected chi connectivity index (χ2v) is 7.16. The molecule has 128 valence electrons. The van der Waals surface area contributed by atoms with Gasteiger partial charge in [0, 0.05) is 28.9 Å². The lowest BCUT2D eigenvalue weighted by Gasteiger charge is -2.31. The number of ether oxygens (including phenoxy) is 2. The first-order valence-corrected chi connectivity index (χ1v) is 9.14. The van der Waals surface area contributed by atoms with Crippen molar-refractivity contribution in [1.29, 1.82) is 0 Å². The van der Waals surface area contributed by atoms with Crippen molar-refractivity contribution in [2.24, 2.45) is 0 Å². The van der Waals surface area contributed by atoms with Crippen molar-refractivity contribution >= 4 is 17.4 Å². The van der Waals surface area contributed by atoms with E-state index in [0.717, 1.165) is 37.2 Å². The molecule has 1 aromatic carbocycles. The Morgan fingerprint density at radius 1 is 1.25 bits per heavy atom. The molecule has 0 unspecified atom stereocenters. The van der Waals surface area contributed by atoms with E-state index in [9.17, 15) is 4.79 Å². The maximum atomic E-state index is 12.2. The molecule has 1 aliphatic rings. The van der Waals surface area contributed by atoms with Crippen LogP contribution in [0.25, 0.3) is 0 Å². The topological polar surface area (TPSA) is 38.8 Å². The van der Waals surface area contributed by atoms with Crippen LogP contribution in [-0.2, 0) is 11.3 Å². The molecule has 0 radical (unpaired) electrons. The number of piperidine rings is 1. The third-order valence-electron chi connectivity index (χ3n) is 4.57. The molecule has 1 saturated heterocycles. The van der Waals surface area contributed by atoms with Gasteiger partial charge >= 0.3 is 6.09 Å². The van der Waals surface area contributed by atoms with E-state index in [4.69, 9.17) is 9.47 Å². The lowest BCUT2D eigenvalue weighted by molar-refractivity contribution is 0.0869. The molecule has 0 spiro atoms. The fraction of sp³-hybridized carbons (Fsp3) is 0.421. The van der Waals surface area contributed by atoms with Gasteiger partial charge in [0.15, 0.2) is 0 Å². The van der Waals surface area contributed by atoms with E-state index in [1.807, 2.05) is 35.2 Å². The summed E-state index contributed by atoms with van der Waals surface area (Å²) in [4.78, 5) is 15.4. The van der Waals surface area contributed by atoms with Crippen molar-refractivity contribution in [2.75, 3.05) is 20.2 Å². The number of benzene rings is 1. The van der Waals surface area contributed by atoms with Crippen LogP contribution in [0.2, 0.25) is 0 Å². The second-order valence-electron chi connectivity index (χ2n) is 6.08. The summed E-state index contributed by atoms with van der Waals surface area (Å²) in [6.45, 7) is 3.94. The van der Waals surface area contributed by atoms with Gasteiger partial charge in [-0.3, -0.25) is 0 Å². The third kappa shape index (κ3) is 3.73. The Morgan fingerprint density at radius 2 is 1.96 bits per heavy atom. The number of thiophene rings is 1. The number of hydrogen-bond acceptors (Lipinski definition) is 4. The van der Waals surface area contributed by atoms with E-state index >= 15 is 0 Å². The van der Waals surface area contributed by atoms with Crippen LogP contribution in [0.3, 0.4) is 0 Å². The summed E-state index contributed by atoms with van der Waals surface area (Å²) in [7, 11) is 1.72. The van der Waals surface area contributed by atoms with Crippen LogP contribution in [0.5, 0.6) is 5.75 Å². The summed E-state index contributed by atoms with van der Waals surface area (Å²) >= 11 is 1.73. The molecule has 0 atom stereocenters. The Bertz CT molecular complexity index is 675. The summed E-state index contributed by atoms with van der Waals surface area (Å²) in [6, 6.07) is 9.78. The molecule has 0 saturated carbocycles. The van der Waals surface area contributed by atoms with Gasteiger partial charge in [-0.05, 0) is 31.2 Å². The van der Waals surface area contributed by atoms with Crippen molar-refractivity contribution in [3.63, 3.8) is 0 Å². The predicted molar refractivity (Wildman–Crippen MR) is 95.8 cm³/mol. The zero-order valence-electron chi connectivity index (χ0n) is 14.2. The number of amides is 1.